The second-order valence-corrected chi connectivity index (χ2v) is 16.7. The van der Waals surface area contributed by atoms with Gasteiger partial charge in [0.25, 0.3) is 0 Å². The van der Waals surface area contributed by atoms with Crippen molar-refractivity contribution in [1.82, 2.24) is 34.7 Å². The molecule has 2 atom stereocenters. The summed E-state index contributed by atoms with van der Waals surface area (Å²) in [5.74, 6) is 1.46. The molecular formula is C36H48Cl2N8O3. The number of hydrogen-bond donors (Lipinski definition) is 2. The van der Waals surface area contributed by atoms with Crippen LogP contribution in [0, 0.1) is 18.3 Å². The lowest BCUT2D eigenvalue weighted by Crippen LogP contribution is -2.63. The van der Waals surface area contributed by atoms with Gasteiger partial charge in [-0.2, -0.15) is 10.2 Å². The number of aromatic amines is 1. The van der Waals surface area contributed by atoms with E-state index in [1.165, 1.54) is 6.08 Å². The molecule has 5 aliphatic rings. The molecule has 11 nitrogen and oxygen atoms in total. The second-order valence-electron chi connectivity index (χ2n) is 15.9. The van der Waals surface area contributed by atoms with Crippen LogP contribution in [0.3, 0.4) is 0 Å². The third kappa shape index (κ3) is 5.69. The first-order chi connectivity index (χ1) is 23.5. The minimum Gasteiger partial charge on any atom is -0.395 e. The van der Waals surface area contributed by atoms with Crippen molar-refractivity contribution in [3.8, 4) is 11.1 Å². The Bertz CT molecular complexity index is 1750. The summed E-state index contributed by atoms with van der Waals surface area (Å²) in [7, 11) is 0. The number of aromatic nitrogens is 4. The topological polar surface area (TPSA) is 106 Å². The Kier molecular flexibility index (Phi) is 8.56. The highest BCUT2D eigenvalue weighted by atomic mass is 35.5. The smallest absolute Gasteiger partial charge is 0.245 e. The second kappa shape index (κ2) is 12.5. The molecule has 6 heterocycles. The molecule has 1 saturated carbocycles. The maximum absolute atomic E-state index is 12.2. The standard InChI is InChI=1S/C36H48Cl2N8O3/c1-5-30(48)44-20-36(21-44)12-24(13-36)46-22(2)31(32-27-14-39-40-29(27)10-28(37)33(32)38)34(41-46)45-7-6-23(11-35(45,3)4)15-42-8-9-43(16-25(42)17-47)26-18-49-19-26/h5,10,14,23-26,47H,1,6-9,11-13,15-21H2,2-4H3,(H,39,40)/t23-,25-/m1/s1. The number of aliphatic hydroxyl groups is 1. The third-order valence-corrected chi connectivity index (χ3v) is 13.0. The van der Waals surface area contributed by atoms with E-state index in [0.29, 0.717) is 22.0 Å². The normalized spacial score (nSPS) is 26.2. The number of anilines is 1. The molecule has 1 spiro atoms. The van der Waals surface area contributed by atoms with Gasteiger partial charge in [0, 0.05) is 85.0 Å². The molecule has 0 unspecified atom stereocenters. The molecule has 1 aliphatic carbocycles. The van der Waals surface area contributed by atoms with Crippen LogP contribution in [0.2, 0.25) is 10.0 Å². The van der Waals surface area contributed by atoms with Gasteiger partial charge >= 0.3 is 0 Å². The van der Waals surface area contributed by atoms with E-state index in [1.807, 2.05) is 17.2 Å². The molecule has 8 rings (SSSR count). The lowest BCUT2D eigenvalue weighted by atomic mass is 9.60. The van der Waals surface area contributed by atoms with E-state index >= 15 is 0 Å². The monoisotopic (exact) mass is 710 g/mol. The van der Waals surface area contributed by atoms with Crippen LogP contribution in [0.25, 0.3) is 22.0 Å². The number of rotatable bonds is 8. The van der Waals surface area contributed by atoms with E-state index in [9.17, 15) is 9.90 Å². The Hall–Kier alpha value is -2.67. The van der Waals surface area contributed by atoms with Crippen molar-refractivity contribution >= 4 is 45.8 Å². The Morgan fingerprint density at radius 2 is 1.92 bits per heavy atom. The van der Waals surface area contributed by atoms with Crippen LogP contribution in [0.5, 0.6) is 0 Å². The quantitative estimate of drug-likeness (QED) is 0.323. The van der Waals surface area contributed by atoms with Gasteiger partial charge < -0.3 is 19.6 Å². The van der Waals surface area contributed by atoms with Gasteiger partial charge in [0.05, 0.1) is 53.7 Å². The summed E-state index contributed by atoms with van der Waals surface area (Å²) in [6.45, 7) is 18.6. The van der Waals surface area contributed by atoms with Crippen LogP contribution >= 0.6 is 23.2 Å². The van der Waals surface area contributed by atoms with Gasteiger partial charge in [-0.15, -0.1) is 0 Å². The number of halogens is 2. The number of ether oxygens (including phenoxy) is 1. The van der Waals surface area contributed by atoms with E-state index in [-0.39, 0.29) is 35.6 Å². The van der Waals surface area contributed by atoms with Crippen LogP contribution in [-0.4, -0.2) is 129 Å². The number of hydrogen-bond acceptors (Lipinski definition) is 8. The molecule has 4 aliphatic heterocycles. The average molecular weight is 712 g/mol. The summed E-state index contributed by atoms with van der Waals surface area (Å²) in [5, 5.41) is 25.2. The number of aliphatic hydroxyl groups excluding tert-OH is 1. The molecule has 2 aromatic heterocycles. The fourth-order valence-electron chi connectivity index (χ4n) is 9.55. The van der Waals surface area contributed by atoms with E-state index in [2.05, 4.69) is 56.9 Å². The summed E-state index contributed by atoms with van der Waals surface area (Å²) in [6, 6.07) is 2.74. The number of benzene rings is 1. The molecule has 1 aromatic carbocycles. The highest BCUT2D eigenvalue weighted by Gasteiger charge is 2.55. The molecule has 5 fully saturated rings. The Balaban J connectivity index is 1.07. The fourth-order valence-corrected chi connectivity index (χ4v) is 10.0. The summed E-state index contributed by atoms with van der Waals surface area (Å²) >= 11 is 13.8. The summed E-state index contributed by atoms with van der Waals surface area (Å²) < 4.78 is 7.66. The number of H-pyrrole nitrogens is 1. The number of nitrogens with zero attached hydrogens (tertiary/aromatic N) is 7. The number of nitrogens with one attached hydrogen (secondary N) is 1. The van der Waals surface area contributed by atoms with Crippen LogP contribution < -0.4 is 4.90 Å². The maximum atomic E-state index is 12.2. The molecule has 13 heteroatoms. The minimum atomic E-state index is -0.177. The van der Waals surface area contributed by atoms with Gasteiger partial charge in [-0.25, -0.2) is 0 Å². The van der Waals surface area contributed by atoms with E-state index in [1.54, 1.807) is 0 Å². The molecule has 0 bridgehead atoms. The van der Waals surface area contributed by atoms with Crippen LogP contribution in [-0.2, 0) is 9.53 Å². The number of carbonyl (C=O) groups is 1. The molecular weight excluding hydrogens is 663 g/mol. The lowest BCUT2D eigenvalue weighted by molar-refractivity contribution is -0.149. The lowest BCUT2D eigenvalue weighted by Gasteiger charge is -2.58. The van der Waals surface area contributed by atoms with Crippen molar-refractivity contribution in [2.75, 3.05) is 70.5 Å². The van der Waals surface area contributed by atoms with Crippen molar-refractivity contribution in [3.05, 3.63) is 40.7 Å². The molecule has 1 amide bonds. The fraction of sp³-hybridized carbons (Fsp3) is 0.639. The van der Waals surface area contributed by atoms with Crippen molar-refractivity contribution in [2.45, 2.75) is 70.1 Å². The molecule has 0 radical (unpaired) electrons. The van der Waals surface area contributed by atoms with Gasteiger partial charge in [0.15, 0.2) is 5.82 Å². The van der Waals surface area contributed by atoms with Gasteiger partial charge in [0.1, 0.15) is 0 Å². The van der Waals surface area contributed by atoms with Gasteiger partial charge in [-0.1, -0.05) is 29.8 Å². The number of piperidine rings is 1. The zero-order chi connectivity index (χ0) is 34.2. The van der Waals surface area contributed by atoms with Gasteiger partial charge in [0.2, 0.25) is 5.91 Å². The summed E-state index contributed by atoms with van der Waals surface area (Å²) in [5.41, 5.74) is 3.78. The Morgan fingerprint density at radius 3 is 2.59 bits per heavy atom. The maximum Gasteiger partial charge on any atom is 0.245 e. The predicted octanol–water partition coefficient (Wildman–Crippen LogP) is 4.76. The molecule has 264 valence electrons. The molecule has 49 heavy (non-hydrogen) atoms. The SMILES string of the molecule is C=CC(=O)N1CC2(CC(n3nc(N4CC[C@@H](CN5CCN(C6COC6)C[C@@H]5CO)CC4(C)C)c(-c4c(Cl)c(Cl)cc5[nH]ncc45)c3C)C2)C1. The van der Waals surface area contributed by atoms with E-state index < -0.39 is 0 Å². The van der Waals surface area contributed by atoms with Crippen molar-refractivity contribution in [1.29, 1.82) is 0 Å². The molecule has 3 aromatic rings. The Morgan fingerprint density at radius 1 is 1.14 bits per heavy atom. The molecule has 4 saturated heterocycles. The zero-order valence-corrected chi connectivity index (χ0v) is 30.3. The first kappa shape index (κ1) is 33.5. The highest BCUT2D eigenvalue weighted by Crippen LogP contribution is 2.56. The number of likely N-dealkylation sites (tertiary alicyclic amines) is 1. The first-order valence-corrected chi connectivity index (χ1v) is 18.5. The largest absolute Gasteiger partial charge is 0.395 e. The minimum absolute atomic E-state index is 0.0113. The average Bonchev–Trinajstić information content (AvgIpc) is 3.60. The van der Waals surface area contributed by atoms with Crippen LogP contribution in [0.1, 0.15) is 51.3 Å². The van der Waals surface area contributed by atoms with E-state index in [4.69, 9.17) is 33.0 Å². The predicted molar refractivity (Wildman–Crippen MR) is 192 cm³/mol. The van der Waals surface area contributed by atoms with Gasteiger partial charge in [-0.05, 0) is 64.5 Å². The Labute approximate surface area is 298 Å². The number of amides is 1. The summed E-state index contributed by atoms with van der Waals surface area (Å²) in [4.78, 5) is 21.6. The van der Waals surface area contributed by atoms with Crippen LogP contribution in [0.15, 0.2) is 24.9 Å². The van der Waals surface area contributed by atoms with Crippen molar-refractivity contribution < 1.29 is 14.6 Å². The van der Waals surface area contributed by atoms with Crippen molar-refractivity contribution in [3.63, 3.8) is 0 Å². The summed E-state index contributed by atoms with van der Waals surface area (Å²) in [6.07, 6.45) is 7.26. The number of carbonyl (C=O) groups excluding carboxylic acids is 1. The molecule has 2 N–H and O–H groups in total. The zero-order valence-electron chi connectivity index (χ0n) is 28.8. The number of piperazine rings is 1. The van der Waals surface area contributed by atoms with Crippen molar-refractivity contribution in [2.24, 2.45) is 11.3 Å². The van der Waals surface area contributed by atoms with Gasteiger partial charge in [-0.3, -0.25) is 24.4 Å². The van der Waals surface area contributed by atoms with E-state index in [0.717, 1.165) is 118 Å². The highest BCUT2D eigenvalue weighted by molar-refractivity contribution is 6.45. The number of fused-ring (bicyclic) bond motifs is 1. The third-order valence-electron chi connectivity index (χ3n) is 12.3. The van der Waals surface area contributed by atoms with Crippen LogP contribution in [0.4, 0.5) is 5.82 Å². The first-order valence-electron chi connectivity index (χ1n) is 17.8.